The number of benzene rings is 1. The van der Waals surface area contributed by atoms with E-state index in [1.807, 2.05) is 0 Å². The molecule has 0 atom stereocenters. The van der Waals surface area contributed by atoms with Crippen LogP contribution in [0.4, 0.5) is 5.69 Å². The second-order valence-corrected chi connectivity index (χ2v) is 6.44. The molecular weight excluding hydrogens is 272 g/mol. The van der Waals surface area contributed by atoms with Crippen molar-refractivity contribution in [1.82, 2.24) is 5.32 Å². The van der Waals surface area contributed by atoms with Gasteiger partial charge < -0.3 is 11.1 Å². The summed E-state index contributed by atoms with van der Waals surface area (Å²) in [7, 11) is -0.716. The first kappa shape index (κ1) is 13.4. The number of halogens is 1. The highest BCUT2D eigenvalue weighted by molar-refractivity contribution is 7.85. The summed E-state index contributed by atoms with van der Waals surface area (Å²) in [4.78, 5) is 12.0. The quantitative estimate of drug-likeness (QED) is 0.811. The van der Waals surface area contributed by atoms with Crippen LogP contribution in [0.5, 0.6) is 0 Å². The van der Waals surface area contributed by atoms with Gasteiger partial charge in [0, 0.05) is 33.9 Å². The average molecular weight is 287 g/mol. The van der Waals surface area contributed by atoms with Gasteiger partial charge in [0.1, 0.15) is 0 Å². The van der Waals surface area contributed by atoms with Crippen molar-refractivity contribution in [3.05, 3.63) is 28.8 Å². The molecule has 1 aromatic rings. The number of hydrogen-bond donors (Lipinski definition) is 2. The van der Waals surface area contributed by atoms with Crippen molar-refractivity contribution in [3.63, 3.8) is 0 Å². The summed E-state index contributed by atoms with van der Waals surface area (Å²) in [6, 6.07) is 4.93. The molecule has 18 heavy (non-hydrogen) atoms. The summed E-state index contributed by atoms with van der Waals surface area (Å²) in [5.74, 6) is 1.16. The predicted molar refractivity (Wildman–Crippen MR) is 74.2 cm³/mol. The molecule has 4 nitrogen and oxygen atoms in total. The van der Waals surface area contributed by atoms with Crippen molar-refractivity contribution < 1.29 is 9.00 Å². The van der Waals surface area contributed by atoms with Crippen molar-refractivity contribution in [2.24, 2.45) is 0 Å². The number of nitrogens with two attached hydrogens (primary N) is 1. The minimum Gasteiger partial charge on any atom is -0.398 e. The van der Waals surface area contributed by atoms with Gasteiger partial charge in [-0.15, -0.1) is 0 Å². The van der Waals surface area contributed by atoms with Crippen LogP contribution in [0.2, 0.25) is 5.02 Å². The molecule has 6 heteroatoms. The van der Waals surface area contributed by atoms with Crippen molar-refractivity contribution >= 4 is 34.0 Å². The van der Waals surface area contributed by atoms with Gasteiger partial charge in [-0.25, -0.2) is 0 Å². The van der Waals surface area contributed by atoms with Crippen LogP contribution in [0, 0.1) is 0 Å². The SMILES string of the molecule is Nc1ccc(C(=O)NC2CCS(=O)CC2)cc1Cl. The van der Waals surface area contributed by atoms with Crippen molar-refractivity contribution in [1.29, 1.82) is 0 Å². The van der Waals surface area contributed by atoms with Crippen LogP contribution in [0.1, 0.15) is 23.2 Å². The number of hydrogen-bond acceptors (Lipinski definition) is 3. The molecule has 0 unspecified atom stereocenters. The second-order valence-electron chi connectivity index (χ2n) is 4.33. The monoisotopic (exact) mass is 286 g/mol. The summed E-state index contributed by atoms with van der Waals surface area (Å²) in [5.41, 5.74) is 6.55. The highest BCUT2D eigenvalue weighted by Crippen LogP contribution is 2.20. The highest BCUT2D eigenvalue weighted by atomic mass is 35.5. The van der Waals surface area contributed by atoms with Gasteiger partial charge in [-0.2, -0.15) is 0 Å². The Morgan fingerprint density at radius 2 is 2.06 bits per heavy atom. The molecule has 1 heterocycles. The zero-order valence-corrected chi connectivity index (χ0v) is 11.4. The van der Waals surface area contributed by atoms with Gasteiger partial charge in [-0.3, -0.25) is 9.00 Å². The molecule has 0 saturated carbocycles. The molecule has 1 aromatic carbocycles. The Balaban J connectivity index is 1.99. The molecule has 1 amide bonds. The van der Waals surface area contributed by atoms with E-state index in [1.54, 1.807) is 18.2 Å². The minimum atomic E-state index is -0.716. The maximum atomic E-state index is 12.0. The molecular formula is C12H15ClN2O2S. The summed E-state index contributed by atoms with van der Waals surface area (Å²) >= 11 is 5.87. The van der Waals surface area contributed by atoms with E-state index in [4.69, 9.17) is 17.3 Å². The Labute approximate surface area is 113 Å². The predicted octanol–water partition coefficient (Wildman–Crippen LogP) is 1.56. The average Bonchev–Trinajstić information content (AvgIpc) is 2.35. The van der Waals surface area contributed by atoms with E-state index in [-0.39, 0.29) is 11.9 Å². The van der Waals surface area contributed by atoms with E-state index in [2.05, 4.69) is 5.32 Å². The smallest absolute Gasteiger partial charge is 0.251 e. The lowest BCUT2D eigenvalue weighted by Crippen LogP contribution is -2.39. The molecule has 1 fully saturated rings. The molecule has 1 aliphatic rings. The van der Waals surface area contributed by atoms with E-state index >= 15 is 0 Å². The van der Waals surface area contributed by atoms with Crippen LogP contribution in [0.15, 0.2) is 18.2 Å². The third-order valence-electron chi connectivity index (χ3n) is 2.99. The normalized spacial score (nSPS) is 23.6. The van der Waals surface area contributed by atoms with Crippen LogP contribution in [0.3, 0.4) is 0 Å². The molecule has 0 aliphatic carbocycles. The maximum absolute atomic E-state index is 12.0. The fourth-order valence-electron chi connectivity index (χ4n) is 1.88. The van der Waals surface area contributed by atoms with Crippen LogP contribution in [0.25, 0.3) is 0 Å². The third-order valence-corrected chi connectivity index (χ3v) is 4.70. The molecule has 3 N–H and O–H groups in total. The van der Waals surface area contributed by atoms with Gasteiger partial charge in [0.2, 0.25) is 0 Å². The van der Waals surface area contributed by atoms with Crippen LogP contribution in [-0.4, -0.2) is 27.7 Å². The van der Waals surface area contributed by atoms with Crippen molar-refractivity contribution in [3.8, 4) is 0 Å². The van der Waals surface area contributed by atoms with Gasteiger partial charge in [-0.1, -0.05) is 11.6 Å². The zero-order valence-electron chi connectivity index (χ0n) is 9.82. The summed E-state index contributed by atoms with van der Waals surface area (Å²) in [5, 5.41) is 3.31. The van der Waals surface area contributed by atoms with E-state index in [9.17, 15) is 9.00 Å². The topological polar surface area (TPSA) is 72.2 Å². The Hall–Kier alpha value is -1.07. The largest absolute Gasteiger partial charge is 0.398 e. The van der Waals surface area contributed by atoms with Crippen LogP contribution >= 0.6 is 11.6 Å². The van der Waals surface area contributed by atoms with Crippen LogP contribution < -0.4 is 11.1 Å². The molecule has 2 rings (SSSR count). The number of anilines is 1. The molecule has 0 bridgehead atoms. The zero-order chi connectivity index (χ0) is 13.1. The Morgan fingerprint density at radius 1 is 1.39 bits per heavy atom. The summed E-state index contributed by atoms with van der Waals surface area (Å²) in [6.45, 7) is 0. The molecule has 1 saturated heterocycles. The molecule has 0 aromatic heterocycles. The first-order valence-corrected chi connectivity index (χ1v) is 7.64. The molecule has 0 spiro atoms. The minimum absolute atomic E-state index is 0.103. The van der Waals surface area contributed by atoms with Gasteiger partial charge >= 0.3 is 0 Å². The van der Waals surface area contributed by atoms with E-state index in [0.29, 0.717) is 27.8 Å². The third kappa shape index (κ3) is 3.23. The molecule has 1 aliphatic heterocycles. The summed E-state index contributed by atoms with van der Waals surface area (Å²) < 4.78 is 11.2. The van der Waals surface area contributed by atoms with Gasteiger partial charge in [0.25, 0.3) is 5.91 Å². The van der Waals surface area contributed by atoms with E-state index in [0.717, 1.165) is 12.8 Å². The highest BCUT2D eigenvalue weighted by Gasteiger charge is 2.20. The molecule has 0 radical (unpaired) electrons. The Morgan fingerprint density at radius 3 is 2.67 bits per heavy atom. The van der Waals surface area contributed by atoms with E-state index < -0.39 is 10.8 Å². The molecule has 98 valence electrons. The second kappa shape index (κ2) is 5.71. The van der Waals surface area contributed by atoms with Gasteiger partial charge in [-0.05, 0) is 31.0 Å². The Bertz CT molecular complexity index is 483. The van der Waals surface area contributed by atoms with E-state index in [1.165, 1.54) is 0 Å². The van der Waals surface area contributed by atoms with Crippen LogP contribution in [-0.2, 0) is 10.8 Å². The van der Waals surface area contributed by atoms with Gasteiger partial charge in [0.15, 0.2) is 0 Å². The Kier molecular flexibility index (Phi) is 4.24. The number of carbonyl (C=O) groups is 1. The fraction of sp³-hybridized carbons (Fsp3) is 0.417. The standard InChI is InChI=1S/C12H15ClN2O2S/c13-10-7-8(1-2-11(10)14)12(16)15-9-3-5-18(17)6-4-9/h1-2,7,9H,3-6,14H2,(H,15,16). The number of amides is 1. The van der Waals surface area contributed by atoms with Crippen molar-refractivity contribution in [2.45, 2.75) is 18.9 Å². The number of rotatable bonds is 2. The number of nitrogen functional groups attached to an aromatic ring is 1. The first-order chi connectivity index (χ1) is 8.56. The summed E-state index contributed by atoms with van der Waals surface area (Å²) in [6.07, 6.45) is 1.53. The number of carbonyl (C=O) groups excluding carboxylic acids is 1. The van der Waals surface area contributed by atoms with Crippen molar-refractivity contribution in [2.75, 3.05) is 17.2 Å². The lowest BCUT2D eigenvalue weighted by molar-refractivity contribution is 0.0934. The number of nitrogens with one attached hydrogen (secondary N) is 1. The van der Waals surface area contributed by atoms with Gasteiger partial charge in [0.05, 0.1) is 10.7 Å². The lowest BCUT2D eigenvalue weighted by Gasteiger charge is -2.22. The maximum Gasteiger partial charge on any atom is 0.251 e. The lowest BCUT2D eigenvalue weighted by atomic mass is 10.1. The first-order valence-electron chi connectivity index (χ1n) is 5.77. The fourth-order valence-corrected chi connectivity index (χ4v) is 3.35.